The summed E-state index contributed by atoms with van der Waals surface area (Å²) in [6, 6.07) is 6.94. The summed E-state index contributed by atoms with van der Waals surface area (Å²) in [6.45, 7) is 3.38. The summed E-state index contributed by atoms with van der Waals surface area (Å²) >= 11 is 1.71. The van der Waals surface area contributed by atoms with Crippen LogP contribution in [0, 0.1) is 11.7 Å². The number of rotatable bonds is 11. The van der Waals surface area contributed by atoms with Gasteiger partial charge in [-0.1, -0.05) is 18.2 Å². The van der Waals surface area contributed by atoms with Crippen molar-refractivity contribution in [3.8, 4) is 0 Å². The van der Waals surface area contributed by atoms with Crippen molar-refractivity contribution in [1.29, 1.82) is 0 Å². The zero-order valence-corrected chi connectivity index (χ0v) is 15.2. The van der Waals surface area contributed by atoms with Gasteiger partial charge in [0.25, 0.3) is 0 Å². The van der Waals surface area contributed by atoms with E-state index in [4.69, 9.17) is 4.74 Å². The number of hydrogen-bond donors (Lipinski definition) is 2. The molecule has 0 unspecified atom stereocenters. The van der Waals surface area contributed by atoms with Gasteiger partial charge < -0.3 is 15.4 Å². The maximum atomic E-state index is 13.5. The minimum atomic E-state index is -0.126. The molecule has 1 aromatic carbocycles. The molecule has 24 heavy (non-hydrogen) atoms. The van der Waals surface area contributed by atoms with Gasteiger partial charge in [0.2, 0.25) is 0 Å². The predicted octanol–water partition coefficient (Wildman–Crippen LogP) is 3.04. The molecule has 2 rings (SSSR count). The number of thioether (sulfide) groups is 1. The highest BCUT2D eigenvalue weighted by Gasteiger charge is 2.20. The SMILES string of the molecule is CN=C(NCCCOCC1CC1)NCCSCc1ccccc1F. The number of nitrogens with one attached hydrogen (secondary N) is 2. The fourth-order valence-electron chi connectivity index (χ4n) is 2.18. The number of halogens is 1. The van der Waals surface area contributed by atoms with Crippen LogP contribution in [0.15, 0.2) is 29.3 Å². The zero-order valence-electron chi connectivity index (χ0n) is 14.4. The van der Waals surface area contributed by atoms with Crippen LogP contribution < -0.4 is 10.6 Å². The Bertz CT molecular complexity index is 509. The molecular weight excluding hydrogens is 325 g/mol. The van der Waals surface area contributed by atoms with Crippen molar-refractivity contribution < 1.29 is 9.13 Å². The van der Waals surface area contributed by atoms with E-state index in [0.29, 0.717) is 5.75 Å². The monoisotopic (exact) mass is 353 g/mol. The molecule has 0 aliphatic heterocycles. The van der Waals surface area contributed by atoms with Gasteiger partial charge in [-0.2, -0.15) is 11.8 Å². The molecule has 0 bridgehead atoms. The molecule has 0 heterocycles. The number of ether oxygens (including phenoxy) is 1. The Balaban J connectivity index is 1.46. The van der Waals surface area contributed by atoms with Crippen LogP contribution in [-0.2, 0) is 10.5 Å². The molecule has 2 N–H and O–H groups in total. The molecule has 1 aliphatic carbocycles. The highest BCUT2D eigenvalue weighted by molar-refractivity contribution is 7.98. The van der Waals surface area contributed by atoms with E-state index >= 15 is 0 Å². The lowest BCUT2D eigenvalue weighted by atomic mass is 10.2. The maximum Gasteiger partial charge on any atom is 0.191 e. The Hall–Kier alpha value is -1.27. The van der Waals surface area contributed by atoms with Gasteiger partial charge in [0.1, 0.15) is 5.82 Å². The average molecular weight is 354 g/mol. The molecule has 1 saturated carbocycles. The number of hydrogen-bond acceptors (Lipinski definition) is 3. The molecule has 1 fully saturated rings. The van der Waals surface area contributed by atoms with Gasteiger partial charge in [0.15, 0.2) is 5.96 Å². The molecule has 0 saturated heterocycles. The second kappa shape index (κ2) is 11.3. The second-order valence-electron chi connectivity index (χ2n) is 5.94. The quantitative estimate of drug-likeness (QED) is 0.365. The Morgan fingerprint density at radius 3 is 2.83 bits per heavy atom. The summed E-state index contributed by atoms with van der Waals surface area (Å²) in [5, 5.41) is 6.55. The Morgan fingerprint density at radius 1 is 1.29 bits per heavy atom. The summed E-state index contributed by atoms with van der Waals surface area (Å²) < 4.78 is 19.1. The van der Waals surface area contributed by atoms with E-state index in [9.17, 15) is 4.39 Å². The van der Waals surface area contributed by atoms with Crippen molar-refractivity contribution in [1.82, 2.24) is 10.6 Å². The minimum absolute atomic E-state index is 0.126. The topological polar surface area (TPSA) is 45.7 Å². The Morgan fingerprint density at radius 2 is 2.08 bits per heavy atom. The molecule has 0 atom stereocenters. The molecule has 0 radical (unpaired) electrons. The first-order valence-corrected chi connectivity index (χ1v) is 9.78. The first-order valence-electron chi connectivity index (χ1n) is 8.63. The molecule has 0 aromatic heterocycles. The van der Waals surface area contributed by atoms with E-state index in [0.717, 1.165) is 55.9 Å². The van der Waals surface area contributed by atoms with Crippen molar-refractivity contribution in [2.75, 3.05) is 39.1 Å². The lowest BCUT2D eigenvalue weighted by Gasteiger charge is -2.12. The average Bonchev–Trinajstić information content (AvgIpc) is 3.41. The summed E-state index contributed by atoms with van der Waals surface area (Å²) in [5.41, 5.74) is 0.760. The van der Waals surface area contributed by atoms with Crippen LogP contribution >= 0.6 is 11.8 Å². The third-order valence-electron chi connectivity index (χ3n) is 3.79. The smallest absolute Gasteiger partial charge is 0.191 e. The van der Waals surface area contributed by atoms with E-state index < -0.39 is 0 Å². The van der Waals surface area contributed by atoms with Crippen molar-refractivity contribution in [3.63, 3.8) is 0 Å². The van der Waals surface area contributed by atoms with E-state index in [1.165, 1.54) is 18.9 Å². The highest BCUT2D eigenvalue weighted by Crippen LogP contribution is 2.28. The molecule has 0 amide bonds. The van der Waals surface area contributed by atoms with Crippen LogP contribution in [0.1, 0.15) is 24.8 Å². The van der Waals surface area contributed by atoms with Crippen LogP contribution in [0.2, 0.25) is 0 Å². The normalized spacial score (nSPS) is 14.7. The Labute approximate surface area is 148 Å². The van der Waals surface area contributed by atoms with Gasteiger partial charge in [0, 0.05) is 44.9 Å². The van der Waals surface area contributed by atoms with Gasteiger partial charge in [-0.3, -0.25) is 4.99 Å². The van der Waals surface area contributed by atoms with Gasteiger partial charge in [0.05, 0.1) is 0 Å². The van der Waals surface area contributed by atoms with Gasteiger partial charge in [-0.05, 0) is 36.8 Å². The molecular formula is C18H28FN3OS. The lowest BCUT2D eigenvalue weighted by molar-refractivity contribution is 0.123. The van der Waals surface area contributed by atoms with Crippen LogP contribution in [0.4, 0.5) is 4.39 Å². The zero-order chi connectivity index (χ0) is 17.0. The number of nitrogens with zero attached hydrogens (tertiary/aromatic N) is 1. The molecule has 1 aromatic rings. The molecule has 1 aliphatic rings. The van der Waals surface area contributed by atoms with Gasteiger partial charge in [-0.15, -0.1) is 0 Å². The molecule has 0 spiro atoms. The molecule has 4 nitrogen and oxygen atoms in total. The first-order chi connectivity index (χ1) is 11.8. The fourth-order valence-corrected chi connectivity index (χ4v) is 3.02. The lowest BCUT2D eigenvalue weighted by Crippen LogP contribution is -2.39. The van der Waals surface area contributed by atoms with Crippen LogP contribution in [0.5, 0.6) is 0 Å². The van der Waals surface area contributed by atoms with Crippen molar-refractivity contribution in [3.05, 3.63) is 35.6 Å². The summed E-state index contributed by atoms with van der Waals surface area (Å²) in [4.78, 5) is 4.20. The summed E-state index contributed by atoms with van der Waals surface area (Å²) in [7, 11) is 1.77. The molecule has 134 valence electrons. The van der Waals surface area contributed by atoms with E-state index in [1.807, 2.05) is 12.1 Å². The standard InChI is InChI=1S/C18H28FN3OS/c1-20-18(21-9-4-11-23-13-15-7-8-15)22-10-12-24-14-16-5-2-3-6-17(16)19/h2-3,5-6,15H,4,7-14H2,1H3,(H2,20,21,22). The van der Waals surface area contributed by atoms with E-state index in [1.54, 1.807) is 24.9 Å². The van der Waals surface area contributed by atoms with Crippen LogP contribution in [0.3, 0.4) is 0 Å². The van der Waals surface area contributed by atoms with Crippen molar-refractivity contribution in [2.24, 2.45) is 10.9 Å². The predicted molar refractivity (Wildman–Crippen MR) is 100 cm³/mol. The number of guanidine groups is 1. The van der Waals surface area contributed by atoms with Gasteiger partial charge in [-0.25, -0.2) is 4.39 Å². The van der Waals surface area contributed by atoms with Crippen molar-refractivity contribution in [2.45, 2.75) is 25.0 Å². The number of benzene rings is 1. The first kappa shape index (κ1) is 19.1. The highest BCUT2D eigenvalue weighted by atomic mass is 32.2. The molecule has 6 heteroatoms. The third-order valence-corrected chi connectivity index (χ3v) is 4.79. The van der Waals surface area contributed by atoms with Crippen molar-refractivity contribution >= 4 is 17.7 Å². The maximum absolute atomic E-state index is 13.5. The number of aliphatic imine (C=N–C) groups is 1. The van der Waals surface area contributed by atoms with Crippen LogP contribution in [0.25, 0.3) is 0 Å². The minimum Gasteiger partial charge on any atom is -0.381 e. The summed E-state index contributed by atoms with van der Waals surface area (Å²) in [5.74, 6) is 3.11. The fraction of sp³-hybridized carbons (Fsp3) is 0.611. The van der Waals surface area contributed by atoms with Crippen LogP contribution in [-0.4, -0.2) is 45.1 Å². The second-order valence-corrected chi connectivity index (χ2v) is 7.05. The Kier molecular flexibility index (Phi) is 8.98. The van der Waals surface area contributed by atoms with E-state index in [2.05, 4.69) is 15.6 Å². The largest absolute Gasteiger partial charge is 0.381 e. The summed E-state index contributed by atoms with van der Waals surface area (Å²) in [6.07, 6.45) is 3.66. The van der Waals surface area contributed by atoms with Gasteiger partial charge >= 0.3 is 0 Å². The third kappa shape index (κ3) is 8.02. The van der Waals surface area contributed by atoms with E-state index in [-0.39, 0.29) is 5.82 Å².